The van der Waals surface area contributed by atoms with E-state index in [0.717, 1.165) is 60.1 Å². The maximum Gasteiger partial charge on any atom is 1.00 e. The Hall–Kier alpha value is -4.64. The van der Waals surface area contributed by atoms with Crippen LogP contribution in [0.4, 0.5) is 58.4 Å². The minimum atomic E-state index is 0. The second-order valence-corrected chi connectivity index (χ2v) is 12.6. The average Bonchev–Trinajstić information content (AvgIpc) is 3.22. The van der Waals surface area contributed by atoms with Crippen LogP contribution in [-0.2, 0) is 9.47 Å². The summed E-state index contributed by atoms with van der Waals surface area (Å²) < 4.78 is 11.1. The van der Waals surface area contributed by atoms with Crippen molar-refractivity contribution in [2.75, 3.05) is 83.7 Å². The Morgan fingerprint density at radius 1 is 0.411 bits per heavy atom. The predicted molar refractivity (Wildman–Crippen MR) is 216 cm³/mol. The van der Waals surface area contributed by atoms with E-state index in [4.69, 9.17) is 29.4 Å². The van der Waals surface area contributed by atoms with Crippen LogP contribution in [0.1, 0.15) is 14.0 Å². The molecule has 2 saturated heterocycles. The Labute approximate surface area is 373 Å². The summed E-state index contributed by atoms with van der Waals surface area (Å²) in [6, 6.07) is 36.0. The molecule has 2 fully saturated rings. The molecule has 4 N–H and O–H groups in total. The van der Waals surface area contributed by atoms with Gasteiger partial charge in [-0.15, -0.1) is 0 Å². The summed E-state index contributed by atoms with van der Waals surface area (Å²) in [4.78, 5) is 32.4. The summed E-state index contributed by atoms with van der Waals surface area (Å²) >= 11 is 0. The monoisotopic (exact) mass is 768 g/mol. The van der Waals surface area contributed by atoms with Gasteiger partial charge in [0.1, 0.15) is 0 Å². The molecule has 0 unspecified atom stereocenters. The van der Waals surface area contributed by atoms with Crippen molar-refractivity contribution in [2.45, 2.75) is 0 Å². The van der Waals surface area contributed by atoms with Gasteiger partial charge in [0.15, 0.2) is 0 Å². The third-order valence-electron chi connectivity index (χ3n) is 8.70. The molecule has 2 aliphatic heterocycles. The van der Waals surface area contributed by atoms with Crippen molar-refractivity contribution in [2.24, 2.45) is 0 Å². The molecule has 276 valence electrons. The molecule has 4 heterocycles. The normalized spacial score (nSPS) is 14.0. The summed E-state index contributed by atoms with van der Waals surface area (Å²) in [5.74, 6) is 3.06. The number of para-hydroxylation sites is 2. The van der Waals surface area contributed by atoms with E-state index >= 15 is 0 Å². The number of ether oxygens (including phenoxy) is 2. The molecular weight excluding hydrogens is 727 g/mol. The first-order valence-corrected chi connectivity index (χ1v) is 17.9. The van der Waals surface area contributed by atoms with Crippen molar-refractivity contribution in [3.05, 3.63) is 120 Å². The zero-order valence-corrected chi connectivity index (χ0v) is 35.6. The standard InChI is InChI=1S/C40H40N12O2.2Na.2H/c1-3-7-31(8-4-1)41-35-45-37(49-39(47-35)51-21-25-53-26-22-51)43-33-17-13-29(14-18-33)11-12-30-15-19-34(20-16-30)44-38-46-36(42-32-9-5-2-6-10-32)48-40(50-38)52-23-27-54-28-24-52;;;;/h1-20H,21-28H2,(H2,41,43,45,47,49)(H2,42,44,46,48,50);;;;/q;2*+1;2*-1/b12-11+;;;;. The van der Waals surface area contributed by atoms with Gasteiger partial charge in [-0.2, -0.15) is 29.9 Å². The van der Waals surface area contributed by atoms with Crippen LogP contribution < -0.4 is 90.2 Å². The van der Waals surface area contributed by atoms with Crippen LogP contribution in [0.2, 0.25) is 0 Å². The zero-order chi connectivity index (χ0) is 36.4. The number of aromatic nitrogens is 6. The van der Waals surface area contributed by atoms with Crippen molar-refractivity contribution >= 4 is 70.6 Å². The summed E-state index contributed by atoms with van der Waals surface area (Å²) in [5, 5.41) is 13.3. The fourth-order valence-corrected chi connectivity index (χ4v) is 5.87. The molecule has 0 radical (unpaired) electrons. The second kappa shape index (κ2) is 20.5. The third-order valence-corrected chi connectivity index (χ3v) is 8.70. The van der Waals surface area contributed by atoms with E-state index in [1.165, 1.54) is 0 Å². The minimum Gasteiger partial charge on any atom is -1.00 e. The summed E-state index contributed by atoms with van der Waals surface area (Å²) in [7, 11) is 0. The molecule has 0 bridgehead atoms. The van der Waals surface area contributed by atoms with Crippen molar-refractivity contribution in [3.8, 4) is 0 Å². The molecule has 0 saturated carbocycles. The minimum absolute atomic E-state index is 0. The van der Waals surface area contributed by atoms with Gasteiger partial charge in [-0.1, -0.05) is 72.8 Å². The number of morpholine rings is 2. The van der Waals surface area contributed by atoms with Crippen LogP contribution >= 0.6 is 0 Å². The van der Waals surface area contributed by atoms with Gasteiger partial charge in [0.2, 0.25) is 35.7 Å². The van der Waals surface area contributed by atoms with E-state index in [9.17, 15) is 0 Å². The van der Waals surface area contributed by atoms with E-state index in [1.54, 1.807) is 0 Å². The summed E-state index contributed by atoms with van der Waals surface area (Å²) in [6.07, 6.45) is 4.16. The number of nitrogens with zero attached hydrogens (tertiary/aromatic N) is 8. The first kappa shape index (κ1) is 41.0. The van der Waals surface area contributed by atoms with E-state index < -0.39 is 0 Å². The number of benzene rings is 4. The summed E-state index contributed by atoms with van der Waals surface area (Å²) in [5.41, 5.74) is 5.64. The Bertz CT molecular complexity index is 2010. The molecule has 0 spiro atoms. The third kappa shape index (κ3) is 11.5. The van der Waals surface area contributed by atoms with Crippen LogP contribution in [0.3, 0.4) is 0 Å². The van der Waals surface area contributed by atoms with Gasteiger partial charge in [-0.3, -0.25) is 0 Å². The molecule has 14 nitrogen and oxygen atoms in total. The molecule has 2 aromatic heterocycles. The van der Waals surface area contributed by atoms with Crippen LogP contribution in [0.15, 0.2) is 109 Å². The van der Waals surface area contributed by atoms with Crippen molar-refractivity contribution < 1.29 is 71.4 Å². The van der Waals surface area contributed by atoms with Gasteiger partial charge in [0.05, 0.1) is 26.4 Å². The smallest absolute Gasteiger partial charge is 1.00 e. The van der Waals surface area contributed by atoms with E-state index in [1.807, 2.05) is 84.9 Å². The van der Waals surface area contributed by atoms with Crippen LogP contribution in [0, 0.1) is 0 Å². The first-order chi connectivity index (χ1) is 26.7. The Balaban J connectivity index is 0.00000186. The van der Waals surface area contributed by atoms with Crippen molar-refractivity contribution in [3.63, 3.8) is 0 Å². The number of hydrogen-bond acceptors (Lipinski definition) is 14. The van der Waals surface area contributed by atoms with E-state index in [2.05, 4.69) is 77.5 Å². The van der Waals surface area contributed by atoms with Gasteiger partial charge in [0.25, 0.3) is 0 Å². The van der Waals surface area contributed by atoms with Crippen LogP contribution in [-0.4, -0.2) is 82.5 Å². The molecule has 0 aliphatic carbocycles. The van der Waals surface area contributed by atoms with Gasteiger partial charge in [-0.25, -0.2) is 0 Å². The molecule has 0 amide bonds. The quantitative estimate of drug-likeness (QED) is 0.104. The number of rotatable bonds is 12. The molecule has 56 heavy (non-hydrogen) atoms. The SMILES string of the molecule is C(=C\c1ccc(Nc2nc(Nc3ccccc3)nc(N3CCOCC3)n2)cc1)/c1ccc(Nc2nc(Nc3ccccc3)nc(N3CCOCC3)n2)cc1.[H-].[H-].[Na+].[Na+]. The largest absolute Gasteiger partial charge is 1.00 e. The van der Waals surface area contributed by atoms with Gasteiger partial charge in [-0.05, 0) is 59.7 Å². The number of hydrogen-bond donors (Lipinski definition) is 4. The van der Waals surface area contributed by atoms with Crippen molar-refractivity contribution in [1.29, 1.82) is 0 Å². The van der Waals surface area contributed by atoms with Crippen LogP contribution in [0.25, 0.3) is 12.2 Å². The Morgan fingerprint density at radius 2 is 0.714 bits per heavy atom. The fraction of sp³-hybridized carbons (Fsp3) is 0.200. The van der Waals surface area contributed by atoms with Gasteiger partial charge >= 0.3 is 59.1 Å². The van der Waals surface area contributed by atoms with E-state index in [0.29, 0.717) is 62.1 Å². The molecule has 4 aromatic carbocycles. The summed E-state index contributed by atoms with van der Waals surface area (Å²) in [6.45, 7) is 5.42. The topological polar surface area (TPSA) is 150 Å². The van der Waals surface area contributed by atoms with Gasteiger partial charge in [0, 0.05) is 48.9 Å². The maximum atomic E-state index is 5.53. The maximum absolute atomic E-state index is 5.53. The van der Waals surface area contributed by atoms with Gasteiger partial charge < -0.3 is 43.4 Å². The molecule has 16 heteroatoms. The Morgan fingerprint density at radius 3 is 1.04 bits per heavy atom. The second-order valence-electron chi connectivity index (χ2n) is 12.6. The van der Waals surface area contributed by atoms with Crippen molar-refractivity contribution in [1.82, 2.24) is 29.9 Å². The first-order valence-electron chi connectivity index (χ1n) is 17.9. The molecule has 8 rings (SSSR count). The number of nitrogens with one attached hydrogen (secondary N) is 4. The molecule has 6 aromatic rings. The van der Waals surface area contributed by atoms with E-state index in [-0.39, 0.29) is 62.0 Å². The number of anilines is 10. The zero-order valence-electron chi connectivity index (χ0n) is 33.6. The fourth-order valence-electron chi connectivity index (χ4n) is 5.87. The molecule has 2 aliphatic rings. The van der Waals surface area contributed by atoms with Crippen LogP contribution in [0.5, 0.6) is 0 Å². The Kier molecular flexibility index (Phi) is 15.0. The molecular formula is C40H42N12Na2O2. The predicted octanol–water partition coefficient (Wildman–Crippen LogP) is 1.11. The molecule has 0 atom stereocenters. The average molecular weight is 769 g/mol.